The fourth-order valence-electron chi connectivity index (χ4n) is 0.459. The second kappa shape index (κ2) is 4.01. The summed E-state index contributed by atoms with van der Waals surface area (Å²) in [5.74, 6) is 0. The molecule has 0 radical (unpaired) electrons. The molecule has 0 rings (SSSR count). The molecule has 0 amide bonds. The summed E-state index contributed by atoms with van der Waals surface area (Å²) in [5, 5.41) is 9.39. The molecule has 0 saturated carbocycles. The van der Waals surface area contributed by atoms with E-state index in [9.17, 15) is 5.11 Å². The highest BCUT2D eigenvalue weighted by Gasteiger charge is 2.22. The fourth-order valence-corrected chi connectivity index (χ4v) is 0.459. The lowest BCUT2D eigenvalue weighted by Gasteiger charge is -2.26. The third-order valence-electron chi connectivity index (χ3n) is 1.53. The maximum Gasteiger partial charge on any atom is 0.0849 e. The van der Waals surface area contributed by atoms with E-state index in [2.05, 4.69) is 0 Å². The van der Waals surface area contributed by atoms with Crippen molar-refractivity contribution in [3.63, 3.8) is 0 Å². The zero-order valence-corrected chi connectivity index (χ0v) is 7.37. The molecule has 0 fully saturated rings. The first-order valence-electron chi connectivity index (χ1n) is 3.69. The summed E-state index contributed by atoms with van der Waals surface area (Å²) in [6.45, 7) is 5.41. The first-order chi connectivity index (χ1) is 4.84. The van der Waals surface area contributed by atoms with Gasteiger partial charge in [-0.25, -0.2) is 0 Å². The topological polar surface area (TPSA) is 81.5 Å². The molecule has 68 valence electrons. The van der Waals surface area contributed by atoms with Crippen LogP contribution in [-0.4, -0.2) is 29.6 Å². The number of hydrogen-bond acceptors (Lipinski definition) is 4. The van der Waals surface area contributed by atoms with Crippen molar-refractivity contribution < 1.29 is 9.84 Å². The minimum Gasteiger partial charge on any atom is -0.388 e. The van der Waals surface area contributed by atoms with Gasteiger partial charge in [0.1, 0.15) is 0 Å². The SMILES string of the molecule is CC(OCC(N)N)C(C)(C)O. The lowest BCUT2D eigenvalue weighted by molar-refractivity contribution is -0.0810. The molecular formula is C7H18N2O2. The molecule has 1 unspecified atom stereocenters. The van der Waals surface area contributed by atoms with Gasteiger partial charge in [0.25, 0.3) is 0 Å². The maximum atomic E-state index is 9.39. The molecule has 0 aromatic rings. The monoisotopic (exact) mass is 162 g/mol. The molecule has 0 saturated heterocycles. The lowest BCUT2D eigenvalue weighted by Crippen LogP contribution is -2.42. The first kappa shape index (κ1) is 10.8. The number of rotatable bonds is 4. The summed E-state index contributed by atoms with van der Waals surface area (Å²) in [4.78, 5) is 0. The van der Waals surface area contributed by atoms with Crippen LogP contribution in [0.5, 0.6) is 0 Å². The van der Waals surface area contributed by atoms with Crippen molar-refractivity contribution in [1.29, 1.82) is 0 Å². The van der Waals surface area contributed by atoms with Gasteiger partial charge in [0.05, 0.1) is 24.5 Å². The van der Waals surface area contributed by atoms with Gasteiger partial charge >= 0.3 is 0 Å². The maximum absolute atomic E-state index is 9.39. The molecule has 1 atom stereocenters. The van der Waals surface area contributed by atoms with Crippen LogP contribution in [0, 0.1) is 0 Å². The van der Waals surface area contributed by atoms with Crippen LogP contribution in [0.1, 0.15) is 20.8 Å². The zero-order chi connectivity index (χ0) is 9.07. The lowest BCUT2D eigenvalue weighted by atomic mass is 10.0. The van der Waals surface area contributed by atoms with Crippen molar-refractivity contribution in [2.45, 2.75) is 38.6 Å². The van der Waals surface area contributed by atoms with Crippen LogP contribution in [-0.2, 0) is 4.74 Å². The van der Waals surface area contributed by atoms with Gasteiger partial charge in [0.2, 0.25) is 0 Å². The Kier molecular flexibility index (Phi) is 3.96. The largest absolute Gasteiger partial charge is 0.388 e. The predicted octanol–water partition coefficient (Wildman–Crippen LogP) is -0.594. The van der Waals surface area contributed by atoms with E-state index in [0.29, 0.717) is 0 Å². The quantitative estimate of drug-likeness (QED) is 0.482. The standard InChI is InChI=1S/C7H18N2O2/c1-5(7(2,3)10)11-4-6(8)9/h5-6,10H,4,8-9H2,1-3H3. The summed E-state index contributed by atoms with van der Waals surface area (Å²) >= 11 is 0. The van der Waals surface area contributed by atoms with Crippen molar-refractivity contribution >= 4 is 0 Å². The second-order valence-corrected chi connectivity index (χ2v) is 3.29. The van der Waals surface area contributed by atoms with Gasteiger partial charge in [-0.05, 0) is 20.8 Å². The van der Waals surface area contributed by atoms with Gasteiger partial charge in [-0.3, -0.25) is 0 Å². The molecule has 5 N–H and O–H groups in total. The Labute approximate surface area is 67.5 Å². The molecule has 0 aliphatic rings. The van der Waals surface area contributed by atoms with Crippen LogP contribution < -0.4 is 11.5 Å². The molecule has 0 aliphatic carbocycles. The number of nitrogens with two attached hydrogens (primary N) is 2. The van der Waals surface area contributed by atoms with E-state index >= 15 is 0 Å². The summed E-state index contributed by atoms with van der Waals surface area (Å²) in [7, 11) is 0. The van der Waals surface area contributed by atoms with Crippen LogP contribution in [0.3, 0.4) is 0 Å². The van der Waals surface area contributed by atoms with E-state index in [0.717, 1.165) is 0 Å². The van der Waals surface area contributed by atoms with Crippen LogP contribution in [0.15, 0.2) is 0 Å². The van der Waals surface area contributed by atoms with Crippen molar-refractivity contribution in [2.24, 2.45) is 11.5 Å². The molecule has 4 nitrogen and oxygen atoms in total. The van der Waals surface area contributed by atoms with E-state index in [1.807, 2.05) is 0 Å². The molecule has 11 heavy (non-hydrogen) atoms. The summed E-state index contributed by atoms with van der Waals surface area (Å²) in [6.07, 6.45) is -0.725. The first-order valence-corrected chi connectivity index (χ1v) is 3.69. The molecular weight excluding hydrogens is 144 g/mol. The van der Waals surface area contributed by atoms with Gasteiger partial charge in [-0.1, -0.05) is 0 Å². The summed E-state index contributed by atoms with van der Waals surface area (Å²) < 4.78 is 5.17. The van der Waals surface area contributed by atoms with Gasteiger partial charge in [0, 0.05) is 0 Å². The molecule has 0 heterocycles. The predicted molar refractivity (Wildman–Crippen MR) is 43.9 cm³/mol. The zero-order valence-electron chi connectivity index (χ0n) is 7.37. The third-order valence-corrected chi connectivity index (χ3v) is 1.53. The Bertz CT molecular complexity index is 109. The van der Waals surface area contributed by atoms with Crippen molar-refractivity contribution in [3.8, 4) is 0 Å². The highest BCUT2D eigenvalue weighted by Crippen LogP contribution is 2.10. The minimum atomic E-state index is -0.838. The van der Waals surface area contributed by atoms with E-state index in [-0.39, 0.29) is 12.7 Å². The molecule has 0 bridgehead atoms. The van der Waals surface area contributed by atoms with E-state index in [4.69, 9.17) is 16.2 Å². The van der Waals surface area contributed by atoms with Crippen LogP contribution in [0.2, 0.25) is 0 Å². The Balaban J connectivity index is 3.61. The van der Waals surface area contributed by atoms with Crippen molar-refractivity contribution in [3.05, 3.63) is 0 Å². The van der Waals surface area contributed by atoms with Crippen LogP contribution in [0.4, 0.5) is 0 Å². The Morgan fingerprint density at radius 1 is 1.45 bits per heavy atom. The fraction of sp³-hybridized carbons (Fsp3) is 1.00. The van der Waals surface area contributed by atoms with Crippen LogP contribution >= 0.6 is 0 Å². The summed E-state index contributed by atoms with van der Waals surface area (Å²) in [5.41, 5.74) is 9.67. The van der Waals surface area contributed by atoms with Gasteiger partial charge < -0.3 is 21.3 Å². The van der Waals surface area contributed by atoms with Crippen LogP contribution in [0.25, 0.3) is 0 Å². The highest BCUT2D eigenvalue weighted by atomic mass is 16.5. The number of ether oxygens (including phenoxy) is 1. The van der Waals surface area contributed by atoms with E-state index in [1.165, 1.54) is 0 Å². The van der Waals surface area contributed by atoms with Gasteiger partial charge in [0.15, 0.2) is 0 Å². The number of hydrogen-bond donors (Lipinski definition) is 3. The normalized spacial score (nSPS) is 15.5. The van der Waals surface area contributed by atoms with E-state index < -0.39 is 11.8 Å². The third kappa shape index (κ3) is 5.15. The molecule has 4 heteroatoms. The average molecular weight is 162 g/mol. The minimum absolute atomic E-state index is 0.253. The van der Waals surface area contributed by atoms with Gasteiger partial charge in [-0.15, -0.1) is 0 Å². The number of aliphatic hydroxyl groups is 1. The molecule has 0 aromatic carbocycles. The van der Waals surface area contributed by atoms with E-state index in [1.54, 1.807) is 20.8 Å². The Morgan fingerprint density at radius 2 is 1.91 bits per heavy atom. The smallest absolute Gasteiger partial charge is 0.0849 e. The molecule has 0 aliphatic heterocycles. The average Bonchev–Trinajstić information content (AvgIpc) is 1.80. The Hall–Kier alpha value is -0.160. The Morgan fingerprint density at radius 3 is 2.18 bits per heavy atom. The second-order valence-electron chi connectivity index (χ2n) is 3.29. The molecule has 0 aromatic heterocycles. The van der Waals surface area contributed by atoms with Gasteiger partial charge in [-0.2, -0.15) is 0 Å². The summed E-state index contributed by atoms with van der Waals surface area (Å²) in [6, 6.07) is 0. The molecule has 0 spiro atoms. The van der Waals surface area contributed by atoms with Crippen molar-refractivity contribution in [1.82, 2.24) is 0 Å². The van der Waals surface area contributed by atoms with Crippen molar-refractivity contribution in [2.75, 3.05) is 6.61 Å². The highest BCUT2D eigenvalue weighted by molar-refractivity contribution is 4.73.